The molecule has 12 heteroatoms. The van der Waals surface area contributed by atoms with Crippen molar-refractivity contribution in [2.75, 3.05) is 79.2 Å². The SMILES string of the molecule is O=C(NCCOCCOCCOC(=O)NCCOCCOCl)OC/C=C/CO. The van der Waals surface area contributed by atoms with E-state index in [4.69, 9.17) is 40.7 Å². The highest BCUT2D eigenvalue weighted by molar-refractivity contribution is 6.07. The van der Waals surface area contributed by atoms with Crippen LogP contribution in [-0.2, 0) is 28.0 Å². The van der Waals surface area contributed by atoms with Crippen LogP contribution in [0.4, 0.5) is 9.59 Å². The van der Waals surface area contributed by atoms with Crippen LogP contribution in [0.3, 0.4) is 0 Å². The van der Waals surface area contributed by atoms with Crippen LogP contribution in [-0.4, -0.2) is 96.5 Å². The van der Waals surface area contributed by atoms with Crippen molar-refractivity contribution in [1.82, 2.24) is 10.6 Å². The molecule has 164 valence electrons. The summed E-state index contributed by atoms with van der Waals surface area (Å²) in [5, 5.41) is 13.5. The summed E-state index contributed by atoms with van der Waals surface area (Å²) >= 11 is 5.01. The van der Waals surface area contributed by atoms with Crippen molar-refractivity contribution < 1.29 is 42.7 Å². The molecule has 0 atom stereocenters. The Labute approximate surface area is 169 Å². The zero-order valence-electron chi connectivity index (χ0n) is 15.7. The van der Waals surface area contributed by atoms with Crippen molar-refractivity contribution in [2.45, 2.75) is 0 Å². The van der Waals surface area contributed by atoms with Crippen LogP contribution in [0.2, 0.25) is 0 Å². The molecule has 0 bridgehead atoms. The minimum atomic E-state index is -0.561. The van der Waals surface area contributed by atoms with Gasteiger partial charge in [-0.05, 0) is 6.08 Å². The average Bonchev–Trinajstić information content (AvgIpc) is 2.69. The van der Waals surface area contributed by atoms with Gasteiger partial charge in [0.05, 0.1) is 64.7 Å². The van der Waals surface area contributed by atoms with Crippen LogP contribution < -0.4 is 10.6 Å². The Bertz CT molecular complexity index is 414. The molecule has 0 fully saturated rings. The number of aliphatic hydroxyl groups excluding tert-OH is 1. The zero-order chi connectivity index (χ0) is 20.7. The monoisotopic (exact) mass is 428 g/mol. The van der Waals surface area contributed by atoms with E-state index in [0.717, 1.165) is 0 Å². The fraction of sp³-hybridized carbons (Fsp3) is 0.750. The highest BCUT2D eigenvalue weighted by atomic mass is 35.5. The molecule has 0 aliphatic rings. The van der Waals surface area contributed by atoms with E-state index in [2.05, 4.69) is 14.9 Å². The predicted molar refractivity (Wildman–Crippen MR) is 99.2 cm³/mol. The molecular formula is C16H29ClN2O9. The lowest BCUT2D eigenvalue weighted by Crippen LogP contribution is -2.29. The summed E-state index contributed by atoms with van der Waals surface area (Å²) in [5.74, 6) is 0. The summed E-state index contributed by atoms with van der Waals surface area (Å²) in [7, 11) is 0. The van der Waals surface area contributed by atoms with E-state index in [-0.39, 0.29) is 33.0 Å². The molecule has 28 heavy (non-hydrogen) atoms. The van der Waals surface area contributed by atoms with E-state index < -0.39 is 12.2 Å². The van der Waals surface area contributed by atoms with E-state index in [9.17, 15) is 9.59 Å². The molecule has 0 unspecified atom stereocenters. The standard InChI is InChI=1S/C16H29ClN2O9/c17-28-14-12-24-8-4-19-16(22)27-13-11-25-10-9-23-7-3-18-15(21)26-6-2-1-5-20/h1-2,20H,3-14H2,(H,18,21)(H,19,22)/b2-1+. The van der Waals surface area contributed by atoms with Crippen molar-refractivity contribution in [1.29, 1.82) is 0 Å². The first-order valence-corrected chi connectivity index (χ1v) is 9.05. The molecule has 0 aromatic heterocycles. The first-order chi connectivity index (χ1) is 13.7. The van der Waals surface area contributed by atoms with Gasteiger partial charge in [0.2, 0.25) is 0 Å². The Morgan fingerprint density at radius 2 is 1.29 bits per heavy atom. The number of alkyl carbamates (subject to hydrolysis) is 2. The molecule has 0 rings (SSSR count). The molecule has 0 aromatic carbocycles. The second-order valence-electron chi connectivity index (χ2n) is 4.89. The van der Waals surface area contributed by atoms with Gasteiger partial charge in [-0.15, -0.1) is 0 Å². The van der Waals surface area contributed by atoms with Gasteiger partial charge >= 0.3 is 12.2 Å². The second kappa shape index (κ2) is 21.7. The van der Waals surface area contributed by atoms with Crippen molar-refractivity contribution in [3.05, 3.63) is 12.2 Å². The normalized spacial score (nSPS) is 10.8. The fourth-order valence-electron chi connectivity index (χ4n) is 1.53. The molecule has 0 aromatic rings. The number of amides is 2. The van der Waals surface area contributed by atoms with Gasteiger partial charge in [0.25, 0.3) is 0 Å². The van der Waals surface area contributed by atoms with Crippen molar-refractivity contribution in [3.8, 4) is 0 Å². The largest absolute Gasteiger partial charge is 0.447 e. The lowest BCUT2D eigenvalue weighted by Gasteiger charge is -2.09. The van der Waals surface area contributed by atoms with Gasteiger partial charge in [0.15, 0.2) is 0 Å². The summed E-state index contributed by atoms with van der Waals surface area (Å²) in [6.45, 7) is 2.91. The Morgan fingerprint density at radius 3 is 1.89 bits per heavy atom. The molecule has 3 N–H and O–H groups in total. The third kappa shape index (κ3) is 20.7. The number of halogens is 1. The summed E-state index contributed by atoms with van der Waals surface area (Å²) < 4.78 is 29.6. The molecule has 0 saturated carbocycles. The van der Waals surface area contributed by atoms with E-state index >= 15 is 0 Å². The van der Waals surface area contributed by atoms with E-state index in [0.29, 0.717) is 46.1 Å². The van der Waals surface area contributed by atoms with Crippen LogP contribution in [0.15, 0.2) is 12.2 Å². The van der Waals surface area contributed by atoms with Gasteiger partial charge in [-0.2, -0.15) is 0 Å². The van der Waals surface area contributed by atoms with Gasteiger partial charge in [0, 0.05) is 13.1 Å². The zero-order valence-corrected chi connectivity index (χ0v) is 16.5. The number of hydrogen-bond acceptors (Lipinski definition) is 9. The number of carbonyl (C=O) groups excluding carboxylic acids is 2. The molecule has 11 nitrogen and oxygen atoms in total. The van der Waals surface area contributed by atoms with Gasteiger partial charge in [-0.1, -0.05) is 6.08 Å². The van der Waals surface area contributed by atoms with E-state index in [1.165, 1.54) is 12.2 Å². The number of rotatable bonds is 18. The number of nitrogens with one attached hydrogen (secondary N) is 2. The maximum atomic E-state index is 11.3. The molecule has 0 saturated heterocycles. The summed E-state index contributed by atoms with van der Waals surface area (Å²) in [5.41, 5.74) is 0. The first kappa shape index (κ1) is 26.4. The number of hydrogen-bond donors (Lipinski definition) is 3. The lowest BCUT2D eigenvalue weighted by molar-refractivity contribution is 0.0283. The van der Waals surface area contributed by atoms with Gasteiger partial charge in [-0.25, -0.2) is 9.59 Å². The average molecular weight is 429 g/mol. The Morgan fingerprint density at radius 1 is 0.750 bits per heavy atom. The number of aliphatic hydroxyl groups is 1. The van der Waals surface area contributed by atoms with Gasteiger partial charge in [-0.3, -0.25) is 4.29 Å². The quantitative estimate of drug-likeness (QED) is 0.207. The fourth-order valence-corrected chi connectivity index (χ4v) is 1.59. The van der Waals surface area contributed by atoms with Crippen LogP contribution in [0.5, 0.6) is 0 Å². The van der Waals surface area contributed by atoms with Crippen LogP contribution in [0.25, 0.3) is 0 Å². The van der Waals surface area contributed by atoms with Crippen molar-refractivity contribution in [3.63, 3.8) is 0 Å². The Balaban J connectivity index is 3.25. The second-order valence-corrected chi connectivity index (χ2v) is 5.11. The topological polar surface area (TPSA) is 134 Å². The van der Waals surface area contributed by atoms with Crippen LogP contribution in [0.1, 0.15) is 0 Å². The molecule has 0 aliphatic heterocycles. The minimum absolute atomic E-state index is 0.0953. The van der Waals surface area contributed by atoms with Crippen LogP contribution >= 0.6 is 11.9 Å². The number of carbonyl (C=O) groups is 2. The molecule has 0 aliphatic carbocycles. The summed E-state index contributed by atoms with van der Waals surface area (Å²) in [6.07, 6.45) is 1.90. The van der Waals surface area contributed by atoms with Crippen molar-refractivity contribution >= 4 is 24.1 Å². The maximum Gasteiger partial charge on any atom is 0.407 e. The summed E-state index contributed by atoms with van der Waals surface area (Å²) in [6, 6.07) is 0. The smallest absolute Gasteiger partial charge is 0.407 e. The number of ether oxygens (including phenoxy) is 5. The van der Waals surface area contributed by atoms with Gasteiger partial charge < -0.3 is 39.4 Å². The van der Waals surface area contributed by atoms with Crippen molar-refractivity contribution in [2.24, 2.45) is 0 Å². The minimum Gasteiger partial charge on any atom is -0.447 e. The van der Waals surface area contributed by atoms with Gasteiger partial charge in [0.1, 0.15) is 13.2 Å². The molecule has 0 heterocycles. The lowest BCUT2D eigenvalue weighted by atomic mass is 10.5. The molecule has 0 spiro atoms. The predicted octanol–water partition coefficient (Wildman–Crippen LogP) is 0.208. The Kier molecular flexibility index (Phi) is 20.4. The third-order valence-electron chi connectivity index (χ3n) is 2.75. The summed E-state index contributed by atoms with van der Waals surface area (Å²) in [4.78, 5) is 22.5. The Hall–Kier alpha value is -1.63. The highest BCUT2D eigenvalue weighted by Gasteiger charge is 2.01. The molecule has 0 radical (unpaired) electrons. The van der Waals surface area contributed by atoms with Crippen LogP contribution in [0, 0.1) is 0 Å². The highest BCUT2D eigenvalue weighted by Crippen LogP contribution is 1.85. The van der Waals surface area contributed by atoms with E-state index in [1.807, 2.05) is 0 Å². The first-order valence-electron chi connectivity index (χ1n) is 8.74. The maximum absolute atomic E-state index is 11.3. The molecule has 2 amide bonds. The third-order valence-corrected chi connectivity index (χ3v) is 2.91. The molecular weight excluding hydrogens is 400 g/mol. The van der Waals surface area contributed by atoms with E-state index in [1.54, 1.807) is 0 Å².